The molecule has 1 fully saturated rings. The molecule has 0 aromatic rings. The Hall–Kier alpha value is 0.500. The topological polar surface area (TPSA) is 38.0 Å². The van der Waals surface area contributed by atoms with Crippen molar-refractivity contribution in [2.75, 3.05) is 13.1 Å². The number of piperidine rings is 1. The first-order chi connectivity index (χ1) is 5.22. The molecule has 3 N–H and O–H groups in total. The fraction of sp³-hybridized carbons (Fsp3) is 1.00. The maximum Gasteiger partial charge on any atom is 0.00913 e. The maximum absolute atomic E-state index is 6.06. The number of rotatable bonds is 2. The first-order valence-corrected chi connectivity index (χ1v) is 4.68. The second kappa shape index (κ2) is 7.86. The van der Waals surface area contributed by atoms with Crippen molar-refractivity contribution in [2.45, 2.75) is 32.7 Å². The van der Waals surface area contributed by atoms with Gasteiger partial charge in [-0.05, 0) is 37.8 Å². The average Bonchev–Trinajstić information content (AvgIpc) is 2.05. The van der Waals surface area contributed by atoms with Gasteiger partial charge in [-0.2, -0.15) is 0 Å². The smallest absolute Gasteiger partial charge is 0.00913 e. The minimum atomic E-state index is 0. The van der Waals surface area contributed by atoms with Crippen molar-refractivity contribution >= 4 is 24.8 Å². The monoisotopic (exact) mass is 228 g/mol. The summed E-state index contributed by atoms with van der Waals surface area (Å²) in [5.74, 6) is 1.40. The van der Waals surface area contributed by atoms with E-state index in [0.29, 0.717) is 12.0 Å². The zero-order valence-corrected chi connectivity index (χ0v) is 10.1. The van der Waals surface area contributed by atoms with E-state index in [1.165, 1.54) is 12.8 Å². The Labute approximate surface area is 93.8 Å². The summed E-state index contributed by atoms with van der Waals surface area (Å²) in [4.78, 5) is 0. The molecule has 1 unspecified atom stereocenters. The molecule has 0 amide bonds. The highest BCUT2D eigenvalue weighted by Gasteiger charge is 2.21. The molecular weight excluding hydrogens is 207 g/mol. The molecule has 1 rings (SSSR count). The van der Waals surface area contributed by atoms with Gasteiger partial charge >= 0.3 is 0 Å². The third-order valence-electron chi connectivity index (χ3n) is 2.70. The summed E-state index contributed by atoms with van der Waals surface area (Å²) < 4.78 is 0. The summed E-state index contributed by atoms with van der Waals surface area (Å²) >= 11 is 0. The van der Waals surface area contributed by atoms with Gasteiger partial charge in [0.05, 0.1) is 0 Å². The molecule has 1 saturated heterocycles. The second-order valence-electron chi connectivity index (χ2n) is 3.91. The van der Waals surface area contributed by atoms with Gasteiger partial charge in [0.15, 0.2) is 0 Å². The van der Waals surface area contributed by atoms with Crippen LogP contribution in [-0.2, 0) is 0 Å². The number of hydrogen-bond acceptors (Lipinski definition) is 2. The minimum Gasteiger partial charge on any atom is -0.327 e. The van der Waals surface area contributed by atoms with Gasteiger partial charge < -0.3 is 11.1 Å². The minimum absolute atomic E-state index is 0. The van der Waals surface area contributed by atoms with Gasteiger partial charge in [0.1, 0.15) is 0 Å². The number of hydrogen-bond donors (Lipinski definition) is 2. The van der Waals surface area contributed by atoms with E-state index in [4.69, 9.17) is 5.73 Å². The molecule has 2 nitrogen and oxygen atoms in total. The zero-order valence-electron chi connectivity index (χ0n) is 8.45. The number of nitrogens with one attached hydrogen (secondary N) is 1. The van der Waals surface area contributed by atoms with Crippen molar-refractivity contribution < 1.29 is 0 Å². The van der Waals surface area contributed by atoms with Crippen LogP contribution in [0.1, 0.15) is 26.7 Å². The van der Waals surface area contributed by atoms with E-state index in [1.807, 2.05) is 0 Å². The van der Waals surface area contributed by atoms with Crippen LogP contribution in [0.4, 0.5) is 0 Å². The van der Waals surface area contributed by atoms with E-state index >= 15 is 0 Å². The van der Waals surface area contributed by atoms with Crippen molar-refractivity contribution in [2.24, 2.45) is 17.6 Å². The van der Waals surface area contributed by atoms with Crippen LogP contribution in [0.2, 0.25) is 0 Å². The lowest BCUT2D eigenvalue weighted by Gasteiger charge is -2.30. The van der Waals surface area contributed by atoms with Crippen LogP contribution in [0.25, 0.3) is 0 Å². The normalized spacial score (nSPS) is 20.3. The highest BCUT2D eigenvalue weighted by atomic mass is 35.5. The van der Waals surface area contributed by atoms with Crippen LogP contribution in [0, 0.1) is 11.8 Å². The van der Waals surface area contributed by atoms with Gasteiger partial charge in [-0.15, -0.1) is 24.8 Å². The van der Waals surface area contributed by atoms with Crippen molar-refractivity contribution in [3.63, 3.8) is 0 Å². The summed E-state index contributed by atoms with van der Waals surface area (Å²) in [6, 6.07) is 0.414. The van der Waals surface area contributed by atoms with E-state index < -0.39 is 0 Å². The molecule has 0 aromatic heterocycles. The third kappa shape index (κ3) is 5.06. The van der Waals surface area contributed by atoms with Crippen molar-refractivity contribution in [3.8, 4) is 0 Å². The molecule has 1 aliphatic rings. The molecule has 0 spiro atoms. The Bertz CT molecular complexity index is 114. The largest absolute Gasteiger partial charge is 0.327 e. The molecule has 1 atom stereocenters. The predicted octanol–water partition coefficient (Wildman–Crippen LogP) is 1.81. The fourth-order valence-electron chi connectivity index (χ4n) is 1.77. The van der Waals surface area contributed by atoms with Crippen molar-refractivity contribution in [3.05, 3.63) is 0 Å². The Morgan fingerprint density at radius 3 is 2.00 bits per heavy atom. The molecule has 0 aliphatic carbocycles. The van der Waals surface area contributed by atoms with Gasteiger partial charge in [-0.1, -0.05) is 13.8 Å². The molecular formula is C9H22Cl2N2. The van der Waals surface area contributed by atoms with Crippen LogP contribution >= 0.6 is 24.8 Å². The highest BCUT2D eigenvalue weighted by Crippen LogP contribution is 2.19. The van der Waals surface area contributed by atoms with Gasteiger partial charge in [-0.3, -0.25) is 0 Å². The standard InChI is InChI=1S/C9H20N2.2ClH/c1-7(2)9(10)8-3-5-11-6-4-8;;/h7-9,11H,3-6,10H2,1-2H3;2*1H. The summed E-state index contributed by atoms with van der Waals surface area (Å²) in [6.07, 6.45) is 2.53. The highest BCUT2D eigenvalue weighted by molar-refractivity contribution is 5.85. The summed E-state index contributed by atoms with van der Waals surface area (Å²) in [5.41, 5.74) is 6.06. The number of halogens is 2. The Kier molecular flexibility index (Phi) is 9.65. The summed E-state index contributed by atoms with van der Waals surface area (Å²) in [6.45, 7) is 6.75. The SMILES string of the molecule is CC(C)C(N)C1CCNCC1.Cl.Cl. The van der Waals surface area contributed by atoms with E-state index in [1.54, 1.807) is 0 Å². The van der Waals surface area contributed by atoms with Gasteiger partial charge in [0.25, 0.3) is 0 Å². The van der Waals surface area contributed by atoms with E-state index in [9.17, 15) is 0 Å². The Morgan fingerprint density at radius 2 is 1.62 bits per heavy atom. The maximum atomic E-state index is 6.06. The molecule has 1 aliphatic heterocycles. The van der Waals surface area contributed by atoms with E-state index in [0.717, 1.165) is 19.0 Å². The van der Waals surface area contributed by atoms with Gasteiger partial charge in [0, 0.05) is 6.04 Å². The van der Waals surface area contributed by atoms with Crippen molar-refractivity contribution in [1.82, 2.24) is 5.32 Å². The van der Waals surface area contributed by atoms with Crippen molar-refractivity contribution in [1.29, 1.82) is 0 Å². The van der Waals surface area contributed by atoms with E-state index in [2.05, 4.69) is 19.2 Å². The average molecular weight is 229 g/mol. The summed E-state index contributed by atoms with van der Waals surface area (Å²) in [7, 11) is 0. The molecule has 0 bridgehead atoms. The predicted molar refractivity (Wildman–Crippen MR) is 62.9 cm³/mol. The summed E-state index contributed by atoms with van der Waals surface area (Å²) in [5, 5.41) is 3.35. The van der Waals surface area contributed by atoms with E-state index in [-0.39, 0.29) is 24.8 Å². The zero-order chi connectivity index (χ0) is 8.27. The fourth-order valence-corrected chi connectivity index (χ4v) is 1.77. The van der Waals surface area contributed by atoms with Gasteiger partial charge in [-0.25, -0.2) is 0 Å². The molecule has 13 heavy (non-hydrogen) atoms. The van der Waals surface area contributed by atoms with Crippen LogP contribution in [0.3, 0.4) is 0 Å². The number of nitrogens with two attached hydrogens (primary N) is 1. The quantitative estimate of drug-likeness (QED) is 0.757. The van der Waals surface area contributed by atoms with Crippen LogP contribution in [0.5, 0.6) is 0 Å². The third-order valence-corrected chi connectivity index (χ3v) is 2.70. The molecule has 0 saturated carbocycles. The lowest BCUT2D eigenvalue weighted by Crippen LogP contribution is -2.41. The molecule has 0 aromatic carbocycles. The first kappa shape index (κ1) is 15.9. The molecule has 4 heteroatoms. The van der Waals surface area contributed by atoms with Crippen LogP contribution < -0.4 is 11.1 Å². The first-order valence-electron chi connectivity index (χ1n) is 4.68. The molecule has 0 radical (unpaired) electrons. The van der Waals surface area contributed by atoms with Crippen LogP contribution in [-0.4, -0.2) is 19.1 Å². The Morgan fingerprint density at radius 1 is 1.15 bits per heavy atom. The Balaban J connectivity index is 0. The molecule has 1 heterocycles. The lowest BCUT2D eigenvalue weighted by molar-refractivity contribution is 0.273. The second-order valence-corrected chi connectivity index (χ2v) is 3.91. The molecule has 82 valence electrons. The lowest BCUT2D eigenvalue weighted by atomic mass is 9.85. The van der Waals surface area contributed by atoms with Crippen LogP contribution in [0.15, 0.2) is 0 Å². The van der Waals surface area contributed by atoms with Gasteiger partial charge in [0.2, 0.25) is 0 Å².